The van der Waals surface area contributed by atoms with Gasteiger partial charge in [-0.1, -0.05) is 25.1 Å². The molecule has 5 nitrogen and oxygen atoms in total. The molecule has 15 heavy (non-hydrogen) atoms. The molecular weight excluding hydrogens is 216 g/mol. The molecule has 0 aliphatic carbocycles. The summed E-state index contributed by atoms with van der Waals surface area (Å²) in [6.45, 7) is 1.80. The summed E-state index contributed by atoms with van der Waals surface area (Å²) in [4.78, 5) is 0. The lowest BCUT2D eigenvalue weighted by Gasteiger charge is -2.10. The molecule has 1 aromatic carbocycles. The topological polar surface area (TPSA) is 78.4 Å². The summed E-state index contributed by atoms with van der Waals surface area (Å²) < 4.78 is 27.4. The van der Waals surface area contributed by atoms with Gasteiger partial charge in [-0.2, -0.15) is 13.1 Å². The summed E-state index contributed by atoms with van der Waals surface area (Å²) in [6, 6.07) is 6.68. The molecule has 0 bridgehead atoms. The summed E-state index contributed by atoms with van der Waals surface area (Å²) in [6.07, 6.45) is 0. The fraction of sp³-hybridized carbons (Fsp3) is 0.333. The van der Waals surface area contributed by atoms with E-state index in [2.05, 4.69) is 9.44 Å². The molecule has 0 aliphatic heterocycles. The van der Waals surface area contributed by atoms with E-state index in [0.29, 0.717) is 17.8 Å². The van der Waals surface area contributed by atoms with Crippen molar-refractivity contribution in [1.29, 1.82) is 0 Å². The van der Waals surface area contributed by atoms with Crippen LogP contribution in [0, 0.1) is 0 Å². The Morgan fingerprint density at radius 3 is 2.60 bits per heavy atom. The van der Waals surface area contributed by atoms with Crippen LogP contribution in [0.1, 0.15) is 12.5 Å². The lowest BCUT2D eigenvalue weighted by atomic mass is 10.2. The molecule has 0 amide bonds. The molecule has 0 aromatic heterocycles. The van der Waals surface area contributed by atoms with Crippen LogP contribution in [-0.4, -0.2) is 20.1 Å². The average molecular weight is 230 g/mol. The second kappa shape index (κ2) is 5.11. The van der Waals surface area contributed by atoms with Crippen LogP contribution in [0.15, 0.2) is 24.3 Å². The first-order valence-electron chi connectivity index (χ1n) is 4.55. The molecule has 0 aliphatic rings. The van der Waals surface area contributed by atoms with E-state index >= 15 is 0 Å². The number of hydrogen-bond acceptors (Lipinski definition) is 3. The Kier molecular flexibility index (Phi) is 4.07. The number of rotatable bonds is 5. The van der Waals surface area contributed by atoms with Gasteiger partial charge in [0, 0.05) is 12.1 Å². The van der Waals surface area contributed by atoms with Gasteiger partial charge in [-0.15, -0.1) is 0 Å². The maximum Gasteiger partial charge on any atom is 0.299 e. The summed E-state index contributed by atoms with van der Waals surface area (Å²) in [5.41, 5.74) is 0.930. The zero-order valence-corrected chi connectivity index (χ0v) is 9.21. The van der Waals surface area contributed by atoms with E-state index in [4.69, 9.17) is 5.11 Å². The van der Waals surface area contributed by atoms with E-state index in [9.17, 15) is 8.42 Å². The average Bonchev–Trinajstić information content (AvgIpc) is 2.17. The molecule has 84 valence electrons. The van der Waals surface area contributed by atoms with Crippen LogP contribution < -0.4 is 9.44 Å². The van der Waals surface area contributed by atoms with Crippen molar-refractivity contribution in [3.8, 4) is 0 Å². The van der Waals surface area contributed by atoms with Gasteiger partial charge in [-0.05, 0) is 6.07 Å². The van der Waals surface area contributed by atoms with Crippen LogP contribution in [0.3, 0.4) is 0 Å². The van der Waals surface area contributed by atoms with Crippen molar-refractivity contribution in [2.24, 2.45) is 0 Å². The van der Waals surface area contributed by atoms with Crippen LogP contribution in [0.4, 0.5) is 5.69 Å². The Hall–Kier alpha value is -1.11. The third kappa shape index (κ3) is 3.50. The van der Waals surface area contributed by atoms with E-state index in [1.807, 2.05) is 0 Å². The Bertz CT molecular complexity index is 417. The second-order valence-corrected chi connectivity index (χ2v) is 4.42. The maximum absolute atomic E-state index is 11.4. The zero-order valence-electron chi connectivity index (χ0n) is 8.40. The summed E-state index contributed by atoms with van der Waals surface area (Å²) in [5, 5.41) is 8.99. The summed E-state index contributed by atoms with van der Waals surface area (Å²) in [5.74, 6) is 0. The second-order valence-electron chi connectivity index (χ2n) is 2.92. The highest BCUT2D eigenvalue weighted by atomic mass is 32.2. The van der Waals surface area contributed by atoms with Crippen molar-refractivity contribution in [1.82, 2.24) is 4.72 Å². The molecule has 0 spiro atoms. The fourth-order valence-corrected chi connectivity index (χ4v) is 2.07. The predicted octanol–water partition coefficient (Wildman–Crippen LogP) is 0.445. The first-order valence-corrected chi connectivity index (χ1v) is 6.03. The van der Waals surface area contributed by atoms with Gasteiger partial charge in [0.15, 0.2) is 0 Å². The lowest BCUT2D eigenvalue weighted by Crippen LogP contribution is -2.30. The maximum atomic E-state index is 11.4. The molecule has 0 fully saturated rings. The third-order valence-electron chi connectivity index (χ3n) is 1.77. The number of nitrogens with one attached hydrogen (secondary N) is 2. The minimum Gasteiger partial charge on any atom is -0.392 e. The standard InChI is InChI=1S/C9H14N2O3S/c1-2-10-15(13,14)11-9-6-4-3-5-8(9)7-12/h3-6,10-12H,2,7H2,1H3. The molecule has 1 rings (SSSR count). The normalized spacial score (nSPS) is 11.3. The smallest absolute Gasteiger partial charge is 0.299 e. The molecule has 0 saturated heterocycles. The number of aliphatic hydroxyl groups is 1. The molecule has 0 heterocycles. The van der Waals surface area contributed by atoms with Crippen molar-refractivity contribution in [3.05, 3.63) is 29.8 Å². The van der Waals surface area contributed by atoms with Gasteiger partial charge in [-0.3, -0.25) is 4.72 Å². The number of hydrogen-bond donors (Lipinski definition) is 3. The lowest BCUT2D eigenvalue weighted by molar-refractivity contribution is 0.282. The van der Waals surface area contributed by atoms with Gasteiger partial charge in [0.1, 0.15) is 0 Å². The molecule has 0 radical (unpaired) electrons. The summed E-state index contributed by atoms with van der Waals surface area (Å²) >= 11 is 0. The highest BCUT2D eigenvalue weighted by Gasteiger charge is 2.09. The Balaban J connectivity index is 2.89. The largest absolute Gasteiger partial charge is 0.392 e. The van der Waals surface area contributed by atoms with Crippen LogP contribution in [0.25, 0.3) is 0 Å². The third-order valence-corrected chi connectivity index (χ3v) is 2.92. The van der Waals surface area contributed by atoms with Crippen LogP contribution in [0.2, 0.25) is 0 Å². The Morgan fingerprint density at radius 2 is 2.00 bits per heavy atom. The number of benzene rings is 1. The molecule has 3 N–H and O–H groups in total. The van der Waals surface area contributed by atoms with E-state index in [-0.39, 0.29) is 6.61 Å². The molecule has 0 saturated carbocycles. The highest BCUT2D eigenvalue weighted by molar-refractivity contribution is 7.90. The highest BCUT2D eigenvalue weighted by Crippen LogP contribution is 2.15. The van der Waals surface area contributed by atoms with E-state index in [1.165, 1.54) is 0 Å². The van der Waals surface area contributed by atoms with Crippen LogP contribution in [0.5, 0.6) is 0 Å². The van der Waals surface area contributed by atoms with Crippen molar-refractivity contribution >= 4 is 15.9 Å². The SMILES string of the molecule is CCNS(=O)(=O)Nc1ccccc1CO. The van der Waals surface area contributed by atoms with Crippen molar-refractivity contribution < 1.29 is 13.5 Å². The van der Waals surface area contributed by atoms with Crippen LogP contribution in [-0.2, 0) is 16.8 Å². The monoisotopic (exact) mass is 230 g/mol. The Labute approximate surface area is 89.3 Å². The van der Waals surface area contributed by atoms with Gasteiger partial charge >= 0.3 is 0 Å². The minimum atomic E-state index is -3.53. The van der Waals surface area contributed by atoms with Gasteiger partial charge < -0.3 is 5.11 Å². The molecule has 1 aromatic rings. The Morgan fingerprint density at radius 1 is 1.33 bits per heavy atom. The van der Waals surface area contributed by atoms with E-state index in [0.717, 1.165) is 0 Å². The van der Waals surface area contributed by atoms with E-state index < -0.39 is 10.2 Å². The molecule has 0 unspecified atom stereocenters. The van der Waals surface area contributed by atoms with Crippen LogP contribution >= 0.6 is 0 Å². The van der Waals surface area contributed by atoms with Gasteiger partial charge in [0.2, 0.25) is 0 Å². The zero-order chi connectivity index (χ0) is 11.3. The van der Waals surface area contributed by atoms with Gasteiger partial charge in [0.05, 0.1) is 12.3 Å². The van der Waals surface area contributed by atoms with Gasteiger partial charge in [0.25, 0.3) is 10.2 Å². The van der Waals surface area contributed by atoms with Gasteiger partial charge in [-0.25, -0.2) is 0 Å². The molecular formula is C9H14N2O3S. The number of aliphatic hydroxyl groups excluding tert-OH is 1. The number of anilines is 1. The minimum absolute atomic E-state index is 0.204. The quantitative estimate of drug-likeness (QED) is 0.687. The predicted molar refractivity (Wildman–Crippen MR) is 58.6 cm³/mol. The molecule has 0 atom stereocenters. The first-order chi connectivity index (χ1) is 7.09. The van der Waals surface area contributed by atoms with Crippen molar-refractivity contribution in [3.63, 3.8) is 0 Å². The molecule has 6 heteroatoms. The summed E-state index contributed by atoms with van der Waals surface area (Å²) in [7, 11) is -3.53. The number of para-hydroxylation sites is 1. The first kappa shape index (κ1) is 12.0. The van der Waals surface area contributed by atoms with Crippen molar-refractivity contribution in [2.45, 2.75) is 13.5 Å². The van der Waals surface area contributed by atoms with E-state index in [1.54, 1.807) is 31.2 Å². The fourth-order valence-electron chi connectivity index (χ4n) is 1.13. The van der Waals surface area contributed by atoms with Crippen molar-refractivity contribution in [2.75, 3.05) is 11.3 Å².